The number of halogens is 2. The molecule has 3 nitrogen and oxygen atoms in total. The van der Waals surface area contributed by atoms with E-state index in [0.29, 0.717) is 33.0 Å². The van der Waals surface area contributed by atoms with Gasteiger partial charge in [0.25, 0.3) is 0 Å². The first-order valence-electron chi connectivity index (χ1n) is 6.34. The van der Waals surface area contributed by atoms with Crippen molar-refractivity contribution in [3.05, 3.63) is 34.3 Å². The summed E-state index contributed by atoms with van der Waals surface area (Å²) < 4.78 is 0.912. The van der Waals surface area contributed by atoms with Gasteiger partial charge in [-0.3, -0.25) is 4.79 Å². The first-order chi connectivity index (χ1) is 9.63. The van der Waals surface area contributed by atoms with Gasteiger partial charge in [-0.25, -0.2) is 4.98 Å². The van der Waals surface area contributed by atoms with E-state index in [-0.39, 0.29) is 5.91 Å². The van der Waals surface area contributed by atoms with E-state index in [4.69, 9.17) is 23.2 Å². The fourth-order valence-electron chi connectivity index (χ4n) is 2.26. The molecule has 0 saturated carbocycles. The van der Waals surface area contributed by atoms with Crippen LogP contribution in [0.4, 0.5) is 5.13 Å². The minimum absolute atomic E-state index is 0.0113. The number of nitrogens with one attached hydrogen (secondary N) is 1. The third-order valence-corrected chi connectivity index (χ3v) is 4.99. The number of carbonyl (C=O) groups excluding carboxylic acids is 1. The van der Waals surface area contributed by atoms with E-state index < -0.39 is 0 Å². The van der Waals surface area contributed by atoms with E-state index in [0.717, 1.165) is 17.5 Å². The predicted molar refractivity (Wildman–Crippen MR) is 84.8 cm³/mol. The van der Waals surface area contributed by atoms with E-state index in [2.05, 4.69) is 22.5 Å². The Morgan fingerprint density at radius 2 is 2.30 bits per heavy atom. The van der Waals surface area contributed by atoms with Crippen molar-refractivity contribution in [2.45, 2.75) is 19.3 Å². The van der Waals surface area contributed by atoms with Crippen molar-refractivity contribution in [1.29, 1.82) is 0 Å². The number of thiazole rings is 1. The maximum Gasteiger partial charge on any atom is 0.226 e. The maximum absolute atomic E-state index is 12.0. The van der Waals surface area contributed by atoms with Gasteiger partial charge < -0.3 is 5.32 Å². The molecule has 1 N–H and O–H groups in total. The Labute approximate surface area is 130 Å². The number of fused-ring (bicyclic) bond motifs is 1. The summed E-state index contributed by atoms with van der Waals surface area (Å²) in [7, 11) is 0. The average molecular weight is 327 g/mol. The molecule has 0 fully saturated rings. The first-order valence-corrected chi connectivity index (χ1v) is 7.92. The van der Waals surface area contributed by atoms with Crippen molar-refractivity contribution in [3.8, 4) is 0 Å². The lowest BCUT2D eigenvalue weighted by Crippen LogP contribution is -2.14. The van der Waals surface area contributed by atoms with E-state index in [1.807, 2.05) is 6.07 Å². The van der Waals surface area contributed by atoms with E-state index in [1.54, 1.807) is 6.07 Å². The van der Waals surface area contributed by atoms with Crippen LogP contribution in [0.2, 0.25) is 10.0 Å². The number of amides is 1. The predicted octanol–water partition coefficient (Wildman–Crippen LogP) is 4.90. The molecular formula is C14H12Cl2N2OS. The third-order valence-electron chi connectivity index (χ3n) is 3.26. The zero-order valence-corrected chi connectivity index (χ0v) is 12.9. The van der Waals surface area contributed by atoms with Crippen LogP contribution >= 0.6 is 34.5 Å². The van der Waals surface area contributed by atoms with Crippen LogP contribution in [0.3, 0.4) is 0 Å². The number of benzene rings is 1. The van der Waals surface area contributed by atoms with Crippen LogP contribution < -0.4 is 5.32 Å². The van der Waals surface area contributed by atoms with Gasteiger partial charge in [-0.05, 0) is 30.9 Å². The van der Waals surface area contributed by atoms with Crippen LogP contribution in [-0.4, -0.2) is 10.9 Å². The first kappa shape index (κ1) is 13.9. The van der Waals surface area contributed by atoms with E-state index >= 15 is 0 Å². The molecular weight excluding hydrogens is 315 g/mol. The van der Waals surface area contributed by atoms with Crippen molar-refractivity contribution in [1.82, 2.24) is 4.98 Å². The lowest BCUT2D eigenvalue weighted by atomic mass is 10.1. The summed E-state index contributed by atoms with van der Waals surface area (Å²) in [5, 5.41) is 4.30. The second-order valence-corrected chi connectivity index (χ2v) is 6.56. The second-order valence-electron chi connectivity index (χ2n) is 4.75. The van der Waals surface area contributed by atoms with Gasteiger partial charge in [0.1, 0.15) is 5.52 Å². The van der Waals surface area contributed by atoms with Crippen LogP contribution in [0.5, 0.6) is 0 Å². The van der Waals surface area contributed by atoms with Gasteiger partial charge in [0.2, 0.25) is 5.91 Å². The van der Waals surface area contributed by atoms with Crippen molar-refractivity contribution in [3.63, 3.8) is 0 Å². The van der Waals surface area contributed by atoms with Gasteiger partial charge in [-0.15, -0.1) is 0 Å². The van der Waals surface area contributed by atoms with Crippen LogP contribution in [0.25, 0.3) is 10.2 Å². The number of carbonyl (C=O) groups is 1. The Kier molecular flexibility index (Phi) is 3.96. The number of hydrogen-bond donors (Lipinski definition) is 1. The molecule has 2 aromatic rings. The zero-order valence-electron chi connectivity index (χ0n) is 10.5. The summed E-state index contributed by atoms with van der Waals surface area (Å²) in [6, 6.07) is 3.59. The maximum atomic E-state index is 12.0. The van der Waals surface area contributed by atoms with Crippen molar-refractivity contribution >= 4 is 55.8 Å². The van der Waals surface area contributed by atoms with Crippen molar-refractivity contribution in [2.75, 3.05) is 5.32 Å². The van der Waals surface area contributed by atoms with Crippen LogP contribution in [0.1, 0.15) is 19.3 Å². The summed E-state index contributed by atoms with van der Waals surface area (Å²) >= 11 is 13.5. The molecule has 1 heterocycles. The van der Waals surface area contributed by atoms with Crippen LogP contribution in [0, 0.1) is 5.92 Å². The SMILES string of the molecule is O=C(C[C@H]1C=CCC1)Nc1nc2c(Cl)c(Cl)ccc2s1. The smallest absolute Gasteiger partial charge is 0.226 e. The molecule has 0 radical (unpaired) electrons. The Morgan fingerprint density at radius 1 is 1.45 bits per heavy atom. The molecule has 6 heteroatoms. The Bertz CT molecular complexity index is 696. The normalized spacial score (nSPS) is 17.8. The molecule has 0 saturated heterocycles. The molecule has 104 valence electrons. The molecule has 0 spiro atoms. The number of hydrogen-bond acceptors (Lipinski definition) is 3. The Hall–Kier alpha value is -1.10. The molecule has 3 rings (SSSR count). The molecule has 0 bridgehead atoms. The number of aromatic nitrogens is 1. The van der Waals surface area contributed by atoms with E-state index in [1.165, 1.54) is 11.3 Å². The Morgan fingerprint density at radius 3 is 3.05 bits per heavy atom. The van der Waals surface area contributed by atoms with Gasteiger partial charge in [0.05, 0.1) is 14.7 Å². The summed E-state index contributed by atoms with van der Waals surface area (Å²) in [4.78, 5) is 16.3. The summed E-state index contributed by atoms with van der Waals surface area (Å²) in [5.74, 6) is 0.338. The van der Waals surface area contributed by atoms with Crippen LogP contribution in [0.15, 0.2) is 24.3 Å². The van der Waals surface area contributed by atoms with Crippen molar-refractivity contribution in [2.24, 2.45) is 5.92 Å². The largest absolute Gasteiger partial charge is 0.302 e. The lowest BCUT2D eigenvalue weighted by Gasteiger charge is -2.06. The molecule has 1 aromatic carbocycles. The Balaban J connectivity index is 1.75. The van der Waals surface area contributed by atoms with Crippen LogP contribution in [-0.2, 0) is 4.79 Å². The standard InChI is InChI=1S/C14H12Cl2N2OS/c15-9-5-6-10-13(12(9)16)18-14(20-10)17-11(19)7-8-3-1-2-4-8/h1,3,5-6,8H,2,4,7H2,(H,17,18,19)/t8-/m0/s1. The molecule has 1 atom stereocenters. The monoisotopic (exact) mass is 326 g/mol. The molecule has 1 amide bonds. The fraction of sp³-hybridized carbons (Fsp3) is 0.286. The number of anilines is 1. The number of rotatable bonds is 3. The molecule has 0 aliphatic heterocycles. The number of allylic oxidation sites excluding steroid dienone is 2. The highest BCUT2D eigenvalue weighted by Crippen LogP contribution is 2.35. The van der Waals surface area contributed by atoms with Gasteiger partial charge >= 0.3 is 0 Å². The van der Waals surface area contributed by atoms with Gasteiger partial charge in [0, 0.05) is 6.42 Å². The van der Waals surface area contributed by atoms with Gasteiger partial charge in [-0.1, -0.05) is 46.7 Å². The van der Waals surface area contributed by atoms with E-state index in [9.17, 15) is 4.79 Å². The molecule has 1 aliphatic rings. The van der Waals surface area contributed by atoms with Gasteiger partial charge in [-0.2, -0.15) is 0 Å². The minimum Gasteiger partial charge on any atom is -0.302 e. The molecule has 1 aromatic heterocycles. The van der Waals surface area contributed by atoms with Gasteiger partial charge in [0.15, 0.2) is 5.13 Å². The summed E-state index contributed by atoms with van der Waals surface area (Å²) in [5.41, 5.74) is 0.639. The minimum atomic E-state index is -0.0113. The topological polar surface area (TPSA) is 42.0 Å². The third kappa shape index (κ3) is 2.82. The van der Waals surface area contributed by atoms with Crippen molar-refractivity contribution < 1.29 is 4.79 Å². The number of nitrogens with zero attached hydrogens (tertiary/aromatic N) is 1. The molecule has 1 aliphatic carbocycles. The zero-order chi connectivity index (χ0) is 14.1. The lowest BCUT2D eigenvalue weighted by molar-refractivity contribution is -0.116. The quantitative estimate of drug-likeness (QED) is 0.815. The fourth-order valence-corrected chi connectivity index (χ4v) is 3.57. The highest BCUT2D eigenvalue weighted by Gasteiger charge is 2.16. The summed E-state index contributed by atoms with van der Waals surface area (Å²) in [6.45, 7) is 0. The highest BCUT2D eigenvalue weighted by molar-refractivity contribution is 7.22. The molecule has 20 heavy (non-hydrogen) atoms. The second kappa shape index (κ2) is 5.72. The molecule has 0 unspecified atom stereocenters. The average Bonchev–Trinajstić information content (AvgIpc) is 3.03. The summed E-state index contributed by atoms with van der Waals surface area (Å²) in [6.07, 6.45) is 6.84. The highest BCUT2D eigenvalue weighted by atomic mass is 35.5.